The Balaban J connectivity index is 1.44. The van der Waals surface area contributed by atoms with Gasteiger partial charge in [0.1, 0.15) is 5.01 Å². The first kappa shape index (κ1) is 20.2. The van der Waals surface area contributed by atoms with Crippen LogP contribution in [-0.2, 0) is 0 Å². The Morgan fingerprint density at radius 1 is 1.07 bits per heavy atom. The summed E-state index contributed by atoms with van der Waals surface area (Å²) in [6, 6.07) is 15.3. The monoisotopic (exact) mass is 420 g/mol. The van der Waals surface area contributed by atoms with Crippen molar-refractivity contribution in [1.82, 2.24) is 15.1 Å². The minimum atomic E-state index is -0.258. The number of hydrogen-bond donors (Lipinski definition) is 1. The van der Waals surface area contributed by atoms with Crippen molar-refractivity contribution < 1.29 is 9.59 Å². The second kappa shape index (κ2) is 8.75. The average molecular weight is 421 g/mol. The van der Waals surface area contributed by atoms with Gasteiger partial charge < -0.3 is 10.2 Å². The van der Waals surface area contributed by atoms with E-state index in [1.54, 1.807) is 0 Å². The molecule has 1 atom stereocenters. The molecule has 1 saturated heterocycles. The van der Waals surface area contributed by atoms with Crippen LogP contribution in [-0.4, -0.2) is 40.0 Å². The molecule has 6 nitrogen and oxygen atoms in total. The number of carbonyl (C=O) groups excluding carboxylic acids is 2. The number of rotatable bonds is 4. The molecule has 0 radical (unpaired) electrons. The van der Waals surface area contributed by atoms with Crippen molar-refractivity contribution in [3.8, 4) is 0 Å². The maximum absolute atomic E-state index is 13.0. The van der Waals surface area contributed by atoms with Gasteiger partial charge in [0.2, 0.25) is 5.01 Å². The number of nitrogens with one attached hydrogen (secondary N) is 1. The Bertz CT molecular complexity index is 1060. The number of carbonyl (C=O) groups is 2. The second-order valence-electron chi connectivity index (χ2n) is 7.67. The predicted molar refractivity (Wildman–Crippen MR) is 118 cm³/mol. The summed E-state index contributed by atoms with van der Waals surface area (Å²) in [5, 5.41) is 12.4. The molecule has 0 spiro atoms. The summed E-state index contributed by atoms with van der Waals surface area (Å²) < 4.78 is 0. The van der Waals surface area contributed by atoms with Crippen LogP contribution in [0.1, 0.15) is 55.1 Å². The van der Waals surface area contributed by atoms with Crippen molar-refractivity contribution >= 4 is 28.8 Å². The lowest BCUT2D eigenvalue weighted by atomic mass is 9.97. The summed E-state index contributed by atoms with van der Waals surface area (Å²) in [4.78, 5) is 27.4. The number of anilines is 1. The molecule has 1 aliphatic heterocycles. The van der Waals surface area contributed by atoms with E-state index in [1.165, 1.54) is 11.3 Å². The lowest BCUT2D eigenvalue weighted by Gasteiger charge is -2.32. The highest BCUT2D eigenvalue weighted by Gasteiger charge is 2.29. The van der Waals surface area contributed by atoms with Crippen molar-refractivity contribution in [2.75, 3.05) is 18.4 Å². The van der Waals surface area contributed by atoms with Gasteiger partial charge in [-0.15, -0.1) is 10.2 Å². The molecule has 0 aliphatic carbocycles. The summed E-state index contributed by atoms with van der Waals surface area (Å²) in [7, 11) is 0. The van der Waals surface area contributed by atoms with Gasteiger partial charge in [-0.1, -0.05) is 47.2 Å². The van der Waals surface area contributed by atoms with Gasteiger partial charge in [0.25, 0.3) is 11.8 Å². The van der Waals surface area contributed by atoms with Crippen molar-refractivity contribution in [3.05, 3.63) is 75.2 Å². The van der Waals surface area contributed by atoms with Crippen LogP contribution in [0.5, 0.6) is 0 Å². The third-order valence-corrected chi connectivity index (χ3v) is 6.46. The van der Waals surface area contributed by atoms with E-state index in [0.29, 0.717) is 11.6 Å². The zero-order valence-corrected chi connectivity index (χ0v) is 17.9. The molecule has 2 aromatic carbocycles. The smallest absolute Gasteiger partial charge is 0.286 e. The highest BCUT2D eigenvalue weighted by atomic mass is 32.1. The first-order chi connectivity index (χ1) is 14.5. The van der Waals surface area contributed by atoms with Gasteiger partial charge in [0, 0.05) is 30.3 Å². The molecule has 3 aromatic rings. The average Bonchev–Trinajstić information content (AvgIpc) is 3.26. The SMILES string of the molecule is Cc1ccc(NC(=O)c2nnc([C@@H]3CCCN(C(=O)c4ccccc4C)C3)s2)cc1. The molecule has 0 saturated carbocycles. The van der Waals surface area contributed by atoms with E-state index < -0.39 is 0 Å². The standard InChI is InChI=1S/C23H24N4O2S/c1-15-9-11-18(12-10-15)24-20(28)22-26-25-21(30-22)17-7-5-13-27(14-17)23(29)19-8-4-3-6-16(19)2/h3-4,6,8-12,17H,5,7,13-14H2,1-2H3,(H,24,28)/t17-/m1/s1. The molecule has 0 unspecified atom stereocenters. The minimum absolute atomic E-state index is 0.0552. The van der Waals surface area contributed by atoms with Crippen LogP contribution in [0.3, 0.4) is 0 Å². The summed E-state index contributed by atoms with van der Waals surface area (Å²) in [5.41, 5.74) is 3.59. The maximum atomic E-state index is 13.0. The molecule has 30 heavy (non-hydrogen) atoms. The van der Waals surface area contributed by atoms with E-state index in [1.807, 2.05) is 67.3 Å². The fraction of sp³-hybridized carbons (Fsp3) is 0.304. The fourth-order valence-corrected chi connectivity index (χ4v) is 4.52. The van der Waals surface area contributed by atoms with Crippen LogP contribution in [0.15, 0.2) is 48.5 Å². The number of piperidine rings is 1. The zero-order valence-electron chi connectivity index (χ0n) is 17.1. The van der Waals surface area contributed by atoms with Crippen LogP contribution in [0, 0.1) is 13.8 Å². The Kier molecular flexibility index (Phi) is 5.90. The number of benzene rings is 2. The van der Waals surface area contributed by atoms with E-state index >= 15 is 0 Å². The number of nitrogens with zero attached hydrogens (tertiary/aromatic N) is 3. The third kappa shape index (κ3) is 4.41. The van der Waals surface area contributed by atoms with Crippen LogP contribution >= 0.6 is 11.3 Å². The molecule has 2 heterocycles. The van der Waals surface area contributed by atoms with Crippen molar-refractivity contribution in [2.45, 2.75) is 32.6 Å². The van der Waals surface area contributed by atoms with Gasteiger partial charge in [0.15, 0.2) is 0 Å². The van der Waals surface area contributed by atoms with Crippen LogP contribution < -0.4 is 5.32 Å². The summed E-state index contributed by atoms with van der Waals surface area (Å²) >= 11 is 1.31. The van der Waals surface area contributed by atoms with Crippen molar-refractivity contribution in [2.24, 2.45) is 0 Å². The number of hydrogen-bond acceptors (Lipinski definition) is 5. The maximum Gasteiger partial charge on any atom is 0.286 e. The van der Waals surface area contributed by atoms with Crippen molar-refractivity contribution in [3.63, 3.8) is 0 Å². The molecule has 4 rings (SSSR count). The zero-order chi connectivity index (χ0) is 21.1. The van der Waals surface area contributed by atoms with Gasteiger partial charge in [-0.25, -0.2) is 0 Å². The van der Waals surface area contributed by atoms with Gasteiger partial charge in [-0.2, -0.15) is 0 Å². The van der Waals surface area contributed by atoms with Crippen molar-refractivity contribution in [1.29, 1.82) is 0 Å². The van der Waals surface area contributed by atoms with E-state index in [-0.39, 0.29) is 17.7 Å². The minimum Gasteiger partial charge on any atom is -0.338 e. The Hall–Kier alpha value is -3.06. The third-order valence-electron chi connectivity index (χ3n) is 5.38. The number of aryl methyl sites for hydroxylation is 2. The van der Waals surface area contributed by atoms with Crippen LogP contribution in [0.4, 0.5) is 5.69 Å². The molecule has 7 heteroatoms. The number of aromatic nitrogens is 2. The topological polar surface area (TPSA) is 75.2 Å². The van der Waals surface area contributed by atoms with Crippen LogP contribution in [0.25, 0.3) is 0 Å². The van der Waals surface area contributed by atoms with E-state index in [4.69, 9.17) is 0 Å². The number of likely N-dealkylation sites (tertiary alicyclic amines) is 1. The molecule has 0 bridgehead atoms. The summed E-state index contributed by atoms with van der Waals surface area (Å²) in [6.45, 7) is 5.29. The highest BCUT2D eigenvalue weighted by Crippen LogP contribution is 2.30. The summed E-state index contributed by atoms with van der Waals surface area (Å²) in [5.74, 6) is -0.101. The van der Waals surface area contributed by atoms with E-state index in [0.717, 1.165) is 46.8 Å². The van der Waals surface area contributed by atoms with Crippen LogP contribution in [0.2, 0.25) is 0 Å². The molecule has 1 N–H and O–H groups in total. The first-order valence-electron chi connectivity index (χ1n) is 10.1. The largest absolute Gasteiger partial charge is 0.338 e. The van der Waals surface area contributed by atoms with Gasteiger partial charge >= 0.3 is 0 Å². The molecule has 1 aromatic heterocycles. The first-order valence-corrected chi connectivity index (χ1v) is 10.9. The van der Waals surface area contributed by atoms with Gasteiger partial charge in [-0.05, 0) is 50.5 Å². The fourth-order valence-electron chi connectivity index (χ4n) is 3.66. The number of amides is 2. The highest BCUT2D eigenvalue weighted by molar-refractivity contribution is 7.13. The molecule has 2 amide bonds. The quantitative estimate of drug-likeness (QED) is 0.678. The van der Waals surface area contributed by atoms with Gasteiger partial charge in [0.05, 0.1) is 0 Å². The normalized spacial score (nSPS) is 16.3. The van der Waals surface area contributed by atoms with E-state index in [9.17, 15) is 9.59 Å². The Morgan fingerprint density at radius 3 is 2.60 bits per heavy atom. The molecule has 1 fully saturated rings. The predicted octanol–water partition coefficient (Wildman–Crippen LogP) is 4.43. The summed E-state index contributed by atoms with van der Waals surface area (Å²) in [6.07, 6.45) is 1.85. The van der Waals surface area contributed by atoms with E-state index in [2.05, 4.69) is 15.5 Å². The Labute approximate surface area is 180 Å². The lowest BCUT2D eigenvalue weighted by Crippen LogP contribution is -2.39. The molecule has 1 aliphatic rings. The molecule has 154 valence electrons. The lowest BCUT2D eigenvalue weighted by molar-refractivity contribution is 0.0706. The molecular formula is C23H24N4O2S. The molecular weight excluding hydrogens is 396 g/mol. The Morgan fingerprint density at radius 2 is 1.83 bits per heavy atom. The second-order valence-corrected chi connectivity index (χ2v) is 8.68. The van der Waals surface area contributed by atoms with Gasteiger partial charge in [-0.3, -0.25) is 9.59 Å².